The SMILES string of the molecule is Cc1onc(-c2ccc(-c3ccc(CC(=O)O)cc3)cc2)c1NC(=O)OC(C)c1ccc(Cl)cc1Cl. The first kappa shape index (κ1) is 25.3. The molecule has 0 aliphatic rings. The summed E-state index contributed by atoms with van der Waals surface area (Å²) in [7, 11) is 0. The predicted molar refractivity (Wildman–Crippen MR) is 138 cm³/mol. The van der Waals surface area contributed by atoms with Crippen molar-refractivity contribution in [1.29, 1.82) is 0 Å². The first-order valence-corrected chi connectivity index (χ1v) is 11.8. The van der Waals surface area contributed by atoms with E-state index in [4.69, 9.17) is 37.6 Å². The van der Waals surface area contributed by atoms with Crippen molar-refractivity contribution in [3.8, 4) is 22.4 Å². The lowest BCUT2D eigenvalue weighted by Crippen LogP contribution is -2.17. The zero-order chi connectivity index (χ0) is 25.8. The lowest BCUT2D eigenvalue weighted by molar-refractivity contribution is -0.136. The molecule has 0 radical (unpaired) electrons. The standard InChI is InChI=1S/C27H22Cl2N2O5/c1-15(22-12-11-21(28)14-23(22)29)35-27(34)30-25-16(2)36-31-26(25)20-9-7-19(8-10-20)18-5-3-17(4-6-18)13-24(32)33/h3-12,14-15H,13H2,1-2H3,(H,30,34)(H,32,33). The second kappa shape index (κ2) is 10.8. The van der Waals surface area contributed by atoms with E-state index < -0.39 is 18.2 Å². The molecule has 2 N–H and O–H groups in total. The van der Waals surface area contributed by atoms with E-state index >= 15 is 0 Å². The normalized spacial score (nSPS) is 11.7. The minimum absolute atomic E-state index is 0.0194. The molecule has 0 fully saturated rings. The molecule has 1 unspecified atom stereocenters. The van der Waals surface area contributed by atoms with E-state index in [0.717, 1.165) is 22.3 Å². The summed E-state index contributed by atoms with van der Waals surface area (Å²) in [4.78, 5) is 23.5. The van der Waals surface area contributed by atoms with Gasteiger partial charge in [0.1, 0.15) is 17.5 Å². The van der Waals surface area contributed by atoms with Crippen LogP contribution >= 0.6 is 23.2 Å². The van der Waals surface area contributed by atoms with Gasteiger partial charge in [0, 0.05) is 21.2 Å². The maximum absolute atomic E-state index is 12.6. The van der Waals surface area contributed by atoms with Crippen LogP contribution in [0.15, 0.2) is 71.3 Å². The maximum Gasteiger partial charge on any atom is 0.412 e. The van der Waals surface area contributed by atoms with Gasteiger partial charge in [0.05, 0.1) is 6.42 Å². The molecule has 3 aromatic carbocycles. The molecule has 1 atom stereocenters. The molecule has 184 valence electrons. The number of carboxylic acid groups (broad SMARTS) is 1. The van der Waals surface area contributed by atoms with Gasteiger partial charge in [0.15, 0.2) is 5.76 Å². The fraction of sp³-hybridized carbons (Fsp3) is 0.148. The number of aliphatic carboxylic acids is 1. The van der Waals surface area contributed by atoms with E-state index in [1.165, 1.54) is 0 Å². The fourth-order valence-corrected chi connectivity index (χ4v) is 4.28. The van der Waals surface area contributed by atoms with Gasteiger partial charge in [-0.15, -0.1) is 0 Å². The number of halogens is 2. The quantitative estimate of drug-likeness (QED) is 0.258. The van der Waals surface area contributed by atoms with Gasteiger partial charge < -0.3 is 14.4 Å². The van der Waals surface area contributed by atoms with Crippen LogP contribution in [0.5, 0.6) is 0 Å². The van der Waals surface area contributed by atoms with Crippen LogP contribution in [-0.4, -0.2) is 22.3 Å². The van der Waals surface area contributed by atoms with E-state index in [9.17, 15) is 9.59 Å². The average molecular weight is 525 g/mol. The van der Waals surface area contributed by atoms with Crippen molar-refractivity contribution >= 4 is 41.0 Å². The molecule has 1 amide bonds. The van der Waals surface area contributed by atoms with Gasteiger partial charge in [-0.25, -0.2) is 4.79 Å². The van der Waals surface area contributed by atoms with Crippen molar-refractivity contribution in [2.45, 2.75) is 26.4 Å². The molecule has 4 rings (SSSR count). The monoisotopic (exact) mass is 524 g/mol. The first-order valence-electron chi connectivity index (χ1n) is 11.0. The average Bonchev–Trinajstić information content (AvgIpc) is 3.19. The summed E-state index contributed by atoms with van der Waals surface area (Å²) in [5.41, 5.74) is 4.86. The summed E-state index contributed by atoms with van der Waals surface area (Å²) < 4.78 is 10.8. The number of anilines is 1. The third-order valence-electron chi connectivity index (χ3n) is 5.58. The molecule has 0 bridgehead atoms. The second-order valence-electron chi connectivity index (χ2n) is 8.15. The number of hydrogen-bond acceptors (Lipinski definition) is 5. The van der Waals surface area contributed by atoms with E-state index in [2.05, 4.69) is 10.5 Å². The Hall–Kier alpha value is -3.81. The number of benzene rings is 3. The van der Waals surface area contributed by atoms with Gasteiger partial charge in [-0.05, 0) is 42.7 Å². The Labute approximate surface area is 217 Å². The summed E-state index contributed by atoms with van der Waals surface area (Å²) in [5.74, 6) is -0.441. The van der Waals surface area contributed by atoms with Crippen LogP contribution in [0.2, 0.25) is 10.0 Å². The Morgan fingerprint density at radius 2 is 1.61 bits per heavy atom. The number of rotatable bonds is 7. The Kier molecular flexibility index (Phi) is 7.62. The third-order valence-corrected chi connectivity index (χ3v) is 6.14. The minimum Gasteiger partial charge on any atom is -0.481 e. The smallest absolute Gasteiger partial charge is 0.412 e. The lowest BCUT2D eigenvalue weighted by atomic mass is 10.0. The molecule has 1 heterocycles. The zero-order valence-corrected chi connectivity index (χ0v) is 20.9. The summed E-state index contributed by atoms with van der Waals surface area (Å²) in [6.45, 7) is 3.40. The van der Waals surface area contributed by atoms with Crippen molar-refractivity contribution in [1.82, 2.24) is 5.16 Å². The number of carbonyl (C=O) groups is 2. The molecule has 9 heteroatoms. The highest BCUT2D eigenvalue weighted by Gasteiger charge is 2.20. The van der Waals surface area contributed by atoms with E-state index in [-0.39, 0.29) is 6.42 Å². The predicted octanol–water partition coefficient (Wildman–Crippen LogP) is 7.56. The summed E-state index contributed by atoms with van der Waals surface area (Å²) in [6.07, 6.45) is -1.31. The van der Waals surface area contributed by atoms with E-state index in [1.54, 1.807) is 44.2 Å². The van der Waals surface area contributed by atoms with Crippen LogP contribution in [0.3, 0.4) is 0 Å². The highest BCUT2D eigenvalue weighted by Crippen LogP contribution is 2.33. The molecule has 7 nitrogen and oxygen atoms in total. The van der Waals surface area contributed by atoms with Gasteiger partial charge in [-0.3, -0.25) is 10.1 Å². The summed E-state index contributed by atoms with van der Waals surface area (Å²) >= 11 is 12.2. The summed E-state index contributed by atoms with van der Waals surface area (Å²) in [5, 5.41) is 16.7. The second-order valence-corrected chi connectivity index (χ2v) is 8.99. The minimum atomic E-state index is -0.869. The summed E-state index contributed by atoms with van der Waals surface area (Å²) in [6, 6.07) is 19.9. The van der Waals surface area contributed by atoms with Crippen molar-refractivity contribution in [3.05, 3.63) is 93.7 Å². The molecular weight excluding hydrogens is 503 g/mol. The third kappa shape index (κ3) is 5.87. The Balaban J connectivity index is 1.48. The molecule has 0 saturated carbocycles. The Morgan fingerprint density at radius 3 is 2.22 bits per heavy atom. The number of nitrogens with one attached hydrogen (secondary N) is 1. The first-order chi connectivity index (χ1) is 17.2. The largest absolute Gasteiger partial charge is 0.481 e. The van der Waals surface area contributed by atoms with Crippen LogP contribution in [0.4, 0.5) is 10.5 Å². The van der Waals surface area contributed by atoms with Crippen molar-refractivity contribution in [2.75, 3.05) is 5.32 Å². The zero-order valence-electron chi connectivity index (χ0n) is 19.4. The molecule has 0 aliphatic carbocycles. The van der Waals surface area contributed by atoms with Gasteiger partial charge in [-0.2, -0.15) is 0 Å². The highest BCUT2D eigenvalue weighted by molar-refractivity contribution is 6.35. The van der Waals surface area contributed by atoms with Crippen molar-refractivity contribution in [3.63, 3.8) is 0 Å². The Bertz CT molecular complexity index is 1400. The van der Waals surface area contributed by atoms with Crippen molar-refractivity contribution < 1.29 is 24.0 Å². The number of aromatic nitrogens is 1. The van der Waals surface area contributed by atoms with Crippen LogP contribution in [0.25, 0.3) is 22.4 Å². The molecule has 0 spiro atoms. The van der Waals surface area contributed by atoms with E-state index in [1.807, 2.05) is 36.4 Å². The van der Waals surface area contributed by atoms with Gasteiger partial charge >= 0.3 is 12.1 Å². The number of ether oxygens (including phenoxy) is 1. The maximum atomic E-state index is 12.6. The molecule has 1 aromatic heterocycles. The number of carbonyl (C=O) groups excluding carboxylic acids is 1. The molecule has 4 aromatic rings. The number of aryl methyl sites for hydroxylation is 1. The van der Waals surface area contributed by atoms with Crippen LogP contribution in [0.1, 0.15) is 29.9 Å². The van der Waals surface area contributed by atoms with Crippen molar-refractivity contribution in [2.24, 2.45) is 0 Å². The van der Waals surface area contributed by atoms with Gasteiger partial charge in [-0.1, -0.05) is 83.0 Å². The molecular formula is C27H22Cl2N2O5. The van der Waals surface area contributed by atoms with E-state index in [0.29, 0.717) is 32.8 Å². The Morgan fingerprint density at radius 1 is 1.00 bits per heavy atom. The lowest BCUT2D eigenvalue weighted by Gasteiger charge is -2.16. The number of hydrogen-bond donors (Lipinski definition) is 2. The fourth-order valence-electron chi connectivity index (χ4n) is 3.71. The molecule has 0 saturated heterocycles. The number of amides is 1. The highest BCUT2D eigenvalue weighted by atomic mass is 35.5. The van der Waals surface area contributed by atoms with Gasteiger partial charge in [0.2, 0.25) is 0 Å². The van der Waals surface area contributed by atoms with Gasteiger partial charge in [0.25, 0.3) is 0 Å². The van der Waals surface area contributed by atoms with Crippen LogP contribution in [0, 0.1) is 6.92 Å². The van der Waals surface area contributed by atoms with Crippen LogP contribution in [-0.2, 0) is 16.0 Å². The number of nitrogens with zero attached hydrogens (tertiary/aromatic N) is 1. The van der Waals surface area contributed by atoms with Crippen LogP contribution < -0.4 is 5.32 Å². The molecule has 0 aliphatic heterocycles. The topological polar surface area (TPSA) is 102 Å². The number of carboxylic acids is 1. The molecule has 36 heavy (non-hydrogen) atoms.